The number of aryl methyl sites for hydroxylation is 1. The van der Waals surface area contributed by atoms with Crippen molar-refractivity contribution >= 4 is 22.6 Å². The van der Waals surface area contributed by atoms with Crippen LogP contribution < -0.4 is 5.43 Å². The van der Waals surface area contributed by atoms with Crippen LogP contribution in [-0.4, -0.2) is 9.55 Å². The first-order valence-electron chi connectivity index (χ1n) is 5.35. The van der Waals surface area contributed by atoms with Gasteiger partial charge in [-0.2, -0.15) is 0 Å². The Morgan fingerprint density at radius 2 is 2.22 bits per heavy atom. The van der Waals surface area contributed by atoms with E-state index in [4.69, 9.17) is 16.0 Å². The van der Waals surface area contributed by atoms with Gasteiger partial charge in [-0.1, -0.05) is 11.6 Å². The van der Waals surface area contributed by atoms with Gasteiger partial charge in [-0.25, -0.2) is 4.98 Å². The molecule has 0 amide bonds. The first-order chi connectivity index (χ1) is 8.66. The summed E-state index contributed by atoms with van der Waals surface area (Å²) in [4.78, 5) is 16.5. The normalized spacial score (nSPS) is 11.0. The maximum atomic E-state index is 12.4. The molecule has 0 unspecified atom stereocenters. The molecule has 0 radical (unpaired) electrons. The maximum Gasteiger partial charge on any atom is 0.203 e. The molecule has 18 heavy (non-hydrogen) atoms. The molecule has 0 saturated carbocycles. The van der Waals surface area contributed by atoms with E-state index in [9.17, 15) is 4.79 Å². The second-order valence-electron chi connectivity index (χ2n) is 3.98. The Morgan fingerprint density at radius 1 is 1.39 bits per heavy atom. The van der Waals surface area contributed by atoms with Crippen molar-refractivity contribution in [2.45, 2.75) is 0 Å². The van der Waals surface area contributed by atoms with Gasteiger partial charge in [0.1, 0.15) is 23.2 Å². The number of hydrogen-bond acceptors (Lipinski definition) is 3. The fourth-order valence-electron chi connectivity index (χ4n) is 1.88. The molecule has 3 aromatic rings. The molecular formula is C13H9ClN2O2. The van der Waals surface area contributed by atoms with Gasteiger partial charge in [0.05, 0.1) is 5.39 Å². The number of nitrogens with zero attached hydrogens (tertiary/aromatic N) is 2. The lowest BCUT2D eigenvalue weighted by atomic mass is 10.1. The summed E-state index contributed by atoms with van der Waals surface area (Å²) in [6, 6.07) is 4.98. The Balaban J connectivity index is 2.36. The number of benzene rings is 1. The highest BCUT2D eigenvalue weighted by Crippen LogP contribution is 2.20. The zero-order chi connectivity index (χ0) is 12.7. The number of aromatic nitrogens is 2. The second kappa shape index (κ2) is 3.99. The van der Waals surface area contributed by atoms with Crippen molar-refractivity contribution in [3.05, 3.63) is 52.1 Å². The molecule has 2 heterocycles. The summed E-state index contributed by atoms with van der Waals surface area (Å²) in [6.07, 6.45) is 4.84. The van der Waals surface area contributed by atoms with Crippen LogP contribution in [0.3, 0.4) is 0 Å². The molecule has 4 nitrogen and oxygen atoms in total. The molecule has 0 saturated heterocycles. The molecule has 0 aliphatic heterocycles. The van der Waals surface area contributed by atoms with E-state index < -0.39 is 0 Å². The SMILES string of the molecule is Cn1ccnc1-c1coc2ccc(Cl)cc2c1=O. The van der Waals surface area contributed by atoms with Crippen molar-refractivity contribution in [1.29, 1.82) is 0 Å². The Kier molecular flexibility index (Phi) is 2.45. The average Bonchev–Trinajstić information content (AvgIpc) is 2.77. The Morgan fingerprint density at radius 3 is 2.94 bits per heavy atom. The third-order valence-corrected chi connectivity index (χ3v) is 3.03. The van der Waals surface area contributed by atoms with Crippen LogP contribution in [0, 0.1) is 0 Å². The predicted octanol–water partition coefficient (Wildman–Crippen LogP) is 2.85. The number of fused-ring (bicyclic) bond motifs is 1. The van der Waals surface area contributed by atoms with Gasteiger partial charge in [-0.3, -0.25) is 4.79 Å². The standard InChI is InChI=1S/C13H9ClN2O2/c1-16-5-4-15-13(16)10-7-18-11-3-2-8(14)6-9(11)12(10)17/h2-7H,1H3. The van der Waals surface area contributed by atoms with Crippen LogP contribution in [-0.2, 0) is 7.05 Å². The minimum absolute atomic E-state index is 0.131. The third-order valence-electron chi connectivity index (χ3n) is 2.80. The van der Waals surface area contributed by atoms with Crippen LogP contribution in [0.2, 0.25) is 5.02 Å². The van der Waals surface area contributed by atoms with E-state index in [0.29, 0.717) is 27.4 Å². The van der Waals surface area contributed by atoms with Gasteiger partial charge < -0.3 is 8.98 Å². The smallest absolute Gasteiger partial charge is 0.203 e. The molecule has 5 heteroatoms. The zero-order valence-electron chi connectivity index (χ0n) is 9.55. The largest absolute Gasteiger partial charge is 0.463 e. The van der Waals surface area contributed by atoms with Gasteiger partial charge in [0.2, 0.25) is 5.43 Å². The van der Waals surface area contributed by atoms with E-state index in [1.165, 1.54) is 6.26 Å². The lowest BCUT2D eigenvalue weighted by molar-refractivity contribution is 0.603. The van der Waals surface area contributed by atoms with Crippen molar-refractivity contribution in [2.24, 2.45) is 7.05 Å². The molecule has 0 bridgehead atoms. The molecule has 3 rings (SSSR count). The van der Waals surface area contributed by atoms with Crippen molar-refractivity contribution in [3.8, 4) is 11.4 Å². The Hall–Kier alpha value is -2.07. The molecule has 0 aliphatic rings. The van der Waals surface area contributed by atoms with E-state index in [1.54, 1.807) is 35.2 Å². The minimum atomic E-state index is -0.131. The van der Waals surface area contributed by atoms with E-state index >= 15 is 0 Å². The minimum Gasteiger partial charge on any atom is -0.463 e. The van der Waals surface area contributed by atoms with Gasteiger partial charge in [0, 0.05) is 24.5 Å². The molecule has 90 valence electrons. The van der Waals surface area contributed by atoms with Crippen molar-refractivity contribution < 1.29 is 4.42 Å². The lowest BCUT2D eigenvalue weighted by Crippen LogP contribution is -2.07. The van der Waals surface area contributed by atoms with Crippen LogP contribution in [0.4, 0.5) is 0 Å². The summed E-state index contributed by atoms with van der Waals surface area (Å²) in [7, 11) is 1.82. The zero-order valence-corrected chi connectivity index (χ0v) is 10.3. The van der Waals surface area contributed by atoms with Gasteiger partial charge in [0.25, 0.3) is 0 Å². The molecule has 2 aromatic heterocycles. The van der Waals surface area contributed by atoms with Crippen LogP contribution in [0.25, 0.3) is 22.4 Å². The highest BCUT2D eigenvalue weighted by molar-refractivity contribution is 6.31. The predicted molar refractivity (Wildman–Crippen MR) is 69.7 cm³/mol. The van der Waals surface area contributed by atoms with E-state index in [1.807, 2.05) is 7.05 Å². The van der Waals surface area contributed by atoms with Crippen molar-refractivity contribution in [2.75, 3.05) is 0 Å². The molecular weight excluding hydrogens is 252 g/mol. The topological polar surface area (TPSA) is 48.0 Å². The lowest BCUT2D eigenvalue weighted by Gasteiger charge is -2.02. The van der Waals surface area contributed by atoms with E-state index in [0.717, 1.165) is 0 Å². The van der Waals surface area contributed by atoms with Crippen LogP contribution in [0.1, 0.15) is 0 Å². The molecule has 0 N–H and O–H groups in total. The quantitative estimate of drug-likeness (QED) is 0.676. The highest BCUT2D eigenvalue weighted by atomic mass is 35.5. The molecule has 0 spiro atoms. The number of hydrogen-bond donors (Lipinski definition) is 0. The molecule has 0 fully saturated rings. The summed E-state index contributed by atoms with van der Waals surface area (Å²) >= 11 is 5.90. The first kappa shape index (κ1) is 11.0. The van der Waals surface area contributed by atoms with Crippen molar-refractivity contribution in [1.82, 2.24) is 9.55 Å². The van der Waals surface area contributed by atoms with Gasteiger partial charge in [-0.05, 0) is 18.2 Å². The Bertz CT molecular complexity index is 789. The third kappa shape index (κ3) is 1.62. The highest BCUT2D eigenvalue weighted by Gasteiger charge is 2.12. The first-order valence-corrected chi connectivity index (χ1v) is 5.73. The fourth-order valence-corrected chi connectivity index (χ4v) is 2.05. The second-order valence-corrected chi connectivity index (χ2v) is 4.42. The van der Waals surface area contributed by atoms with Crippen LogP contribution in [0.5, 0.6) is 0 Å². The van der Waals surface area contributed by atoms with Gasteiger partial charge >= 0.3 is 0 Å². The maximum absolute atomic E-state index is 12.4. The van der Waals surface area contributed by atoms with Crippen LogP contribution >= 0.6 is 11.6 Å². The number of imidazole rings is 1. The van der Waals surface area contributed by atoms with Crippen molar-refractivity contribution in [3.63, 3.8) is 0 Å². The summed E-state index contributed by atoms with van der Waals surface area (Å²) in [5, 5.41) is 0.967. The monoisotopic (exact) mass is 260 g/mol. The van der Waals surface area contributed by atoms with Gasteiger partial charge in [-0.15, -0.1) is 0 Å². The fraction of sp³-hybridized carbons (Fsp3) is 0.0769. The number of halogens is 1. The molecule has 0 atom stereocenters. The Labute approximate surface area is 107 Å². The number of rotatable bonds is 1. The summed E-state index contributed by atoms with van der Waals surface area (Å²) in [6.45, 7) is 0. The summed E-state index contributed by atoms with van der Waals surface area (Å²) < 4.78 is 7.21. The summed E-state index contributed by atoms with van der Waals surface area (Å²) in [5.74, 6) is 0.575. The van der Waals surface area contributed by atoms with Crippen LogP contribution in [0.15, 0.2) is 46.1 Å². The summed E-state index contributed by atoms with van der Waals surface area (Å²) in [5.41, 5.74) is 0.813. The average molecular weight is 261 g/mol. The van der Waals surface area contributed by atoms with Gasteiger partial charge in [0.15, 0.2) is 0 Å². The molecule has 1 aromatic carbocycles. The van der Waals surface area contributed by atoms with E-state index in [2.05, 4.69) is 4.98 Å². The van der Waals surface area contributed by atoms with E-state index in [-0.39, 0.29) is 5.43 Å². The molecule has 0 aliphatic carbocycles.